The predicted molar refractivity (Wildman–Crippen MR) is 92.4 cm³/mol. The molecule has 132 valence electrons. The fourth-order valence-corrected chi connectivity index (χ4v) is 2.07. The third-order valence-corrected chi connectivity index (χ3v) is 3.50. The Bertz CT molecular complexity index is 406. The van der Waals surface area contributed by atoms with Gasteiger partial charge in [-0.2, -0.15) is 0 Å². The molecule has 0 aliphatic heterocycles. The molecule has 23 heavy (non-hydrogen) atoms. The van der Waals surface area contributed by atoms with Crippen molar-refractivity contribution in [1.82, 2.24) is 0 Å². The van der Waals surface area contributed by atoms with Crippen molar-refractivity contribution in [2.45, 2.75) is 64.4 Å². The highest BCUT2D eigenvalue weighted by Gasteiger charge is 2.03. The molecule has 0 fully saturated rings. The van der Waals surface area contributed by atoms with Crippen molar-refractivity contribution in [3.8, 4) is 5.75 Å². The van der Waals surface area contributed by atoms with Gasteiger partial charge < -0.3 is 21.1 Å². The second kappa shape index (κ2) is 14.0. The molecule has 5 heteroatoms. The van der Waals surface area contributed by atoms with Crippen LogP contribution in [0, 0.1) is 0 Å². The number of carboxylic acids is 1. The average molecular weight is 325 g/mol. The zero-order valence-electron chi connectivity index (χ0n) is 14.1. The van der Waals surface area contributed by atoms with Crippen LogP contribution in [0.2, 0.25) is 0 Å². The first kappa shape index (κ1) is 21.4. The summed E-state index contributed by atoms with van der Waals surface area (Å²) >= 11 is 0. The summed E-state index contributed by atoms with van der Waals surface area (Å²) in [6, 6.07) is 6.34. The molecule has 0 aliphatic carbocycles. The van der Waals surface area contributed by atoms with E-state index in [4.69, 9.17) is 15.9 Å². The van der Waals surface area contributed by atoms with E-state index in [0.717, 1.165) is 18.4 Å². The van der Waals surface area contributed by atoms with Gasteiger partial charge in [-0.15, -0.1) is 0 Å². The molecular formula is C18H31NO4. The average Bonchev–Trinajstić information content (AvgIpc) is 2.54. The number of carbonyl (C=O) groups is 1. The summed E-state index contributed by atoms with van der Waals surface area (Å²) in [5.41, 5.74) is 5.96. The first-order valence-corrected chi connectivity index (χ1v) is 8.40. The number of rotatable bonds is 10. The molecular weight excluding hydrogens is 294 g/mol. The second-order valence-electron chi connectivity index (χ2n) is 5.61. The smallest absolute Gasteiger partial charge is 0.303 e. The number of phenols is 1. The number of nitrogens with two attached hydrogens (primary N) is 1. The summed E-state index contributed by atoms with van der Waals surface area (Å²) in [5, 5.41) is 26.5. The number of hydrogen-bond acceptors (Lipinski definition) is 4. The van der Waals surface area contributed by atoms with E-state index in [1.807, 2.05) is 0 Å². The summed E-state index contributed by atoms with van der Waals surface area (Å²) in [6.45, 7) is 2.40. The minimum Gasteiger partial charge on any atom is -0.508 e. The van der Waals surface area contributed by atoms with Crippen LogP contribution in [0.4, 0.5) is 0 Å². The van der Waals surface area contributed by atoms with Crippen LogP contribution >= 0.6 is 0 Å². The van der Waals surface area contributed by atoms with Crippen LogP contribution in [0.1, 0.15) is 70.0 Å². The lowest BCUT2D eigenvalue weighted by atomic mass is 10.1. The predicted octanol–water partition coefficient (Wildman–Crippen LogP) is 3.60. The van der Waals surface area contributed by atoms with Crippen molar-refractivity contribution in [2.24, 2.45) is 5.73 Å². The molecule has 0 aromatic heterocycles. The Morgan fingerprint density at radius 1 is 1.04 bits per heavy atom. The van der Waals surface area contributed by atoms with E-state index in [0.29, 0.717) is 6.42 Å². The maximum atomic E-state index is 10.1. The van der Waals surface area contributed by atoms with Crippen molar-refractivity contribution in [3.63, 3.8) is 0 Å². The van der Waals surface area contributed by atoms with E-state index in [1.165, 1.54) is 44.2 Å². The second-order valence-corrected chi connectivity index (χ2v) is 5.61. The summed E-state index contributed by atoms with van der Waals surface area (Å²) in [6.07, 6.45) is 8.01. The van der Waals surface area contributed by atoms with Gasteiger partial charge in [0.1, 0.15) is 5.75 Å². The van der Waals surface area contributed by atoms with Gasteiger partial charge in [0.2, 0.25) is 0 Å². The fourth-order valence-electron chi connectivity index (χ4n) is 2.07. The molecule has 0 amide bonds. The Hall–Kier alpha value is -1.59. The Kier molecular flexibility index (Phi) is 13.1. The SMILES string of the molecule is CCCCCCCCCC(=O)O.NCC(O)c1ccc(O)cc1. The number of aliphatic hydroxyl groups is 1. The first-order valence-electron chi connectivity index (χ1n) is 8.40. The molecule has 0 aliphatic rings. The molecule has 0 saturated carbocycles. The van der Waals surface area contributed by atoms with Gasteiger partial charge in [-0.1, -0.05) is 57.6 Å². The first-order chi connectivity index (χ1) is 11.0. The molecule has 0 saturated heterocycles. The van der Waals surface area contributed by atoms with E-state index in [2.05, 4.69) is 6.92 Å². The number of aliphatic hydroxyl groups excluding tert-OH is 1. The number of phenolic OH excluding ortho intramolecular Hbond substituents is 1. The van der Waals surface area contributed by atoms with Crippen molar-refractivity contribution in [3.05, 3.63) is 29.8 Å². The van der Waals surface area contributed by atoms with Crippen molar-refractivity contribution >= 4 is 5.97 Å². The molecule has 1 atom stereocenters. The van der Waals surface area contributed by atoms with E-state index < -0.39 is 12.1 Å². The summed E-state index contributed by atoms with van der Waals surface area (Å²) < 4.78 is 0. The lowest BCUT2D eigenvalue weighted by Gasteiger charge is -2.06. The van der Waals surface area contributed by atoms with Crippen LogP contribution in [-0.2, 0) is 4.79 Å². The molecule has 0 heterocycles. The maximum absolute atomic E-state index is 10.1. The van der Waals surface area contributed by atoms with Crippen molar-refractivity contribution in [2.75, 3.05) is 6.54 Å². The lowest BCUT2D eigenvalue weighted by molar-refractivity contribution is -0.137. The van der Waals surface area contributed by atoms with Gasteiger partial charge in [-0.25, -0.2) is 0 Å². The molecule has 1 aromatic rings. The Morgan fingerprint density at radius 2 is 1.57 bits per heavy atom. The van der Waals surface area contributed by atoms with Crippen LogP contribution in [0.3, 0.4) is 0 Å². The molecule has 0 spiro atoms. The van der Waals surface area contributed by atoms with E-state index >= 15 is 0 Å². The standard InChI is InChI=1S/C10H20O2.C8H11NO2/c1-2-3-4-5-6-7-8-9-10(11)12;9-5-8(11)6-1-3-7(10)4-2-6/h2-9H2,1H3,(H,11,12);1-4,8,10-11H,5,9H2. The summed E-state index contributed by atoms with van der Waals surface area (Å²) in [7, 11) is 0. The van der Waals surface area contributed by atoms with Crippen LogP contribution in [0.25, 0.3) is 0 Å². The number of hydrogen-bond donors (Lipinski definition) is 4. The highest BCUT2D eigenvalue weighted by molar-refractivity contribution is 5.66. The Labute approximate surface area is 139 Å². The molecule has 0 radical (unpaired) electrons. The highest BCUT2D eigenvalue weighted by Crippen LogP contribution is 2.15. The number of unbranched alkanes of at least 4 members (excludes halogenated alkanes) is 6. The van der Waals surface area contributed by atoms with Gasteiger partial charge in [0.25, 0.3) is 0 Å². The normalized spacial score (nSPS) is 11.4. The topological polar surface area (TPSA) is 104 Å². The lowest BCUT2D eigenvalue weighted by Crippen LogP contribution is -2.10. The third-order valence-electron chi connectivity index (χ3n) is 3.50. The number of aliphatic carboxylic acids is 1. The van der Waals surface area contributed by atoms with E-state index in [1.54, 1.807) is 12.1 Å². The largest absolute Gasteiger partial charge is 0.508 e. The zero-order valence-corrected chi connectivity index (χ0v) is 14.1. The van der Waals surface area contributed by atoms with Gasteiger partial charge >= 0.3 is 5.97 Å². The number of carboxylic acid groups (broad SMARTS) is 1. The zero-order chi connectivity index (χ0) is 17.5. The van der Waals surface area contributed by atoms with E-state index in [-0.39, 0.29) is 12.3 Å². The minimum absolute atomic E-state index is 0.193. The van der Waals surface area contributed by atoms with Gasteiger partial charge in [0.05, 0.1) is 6.10 Å². The number of aromatic hydroxyl groups is 1. The van der Waals surface area contributed by atoms with Gasteiger partial charge in [-0.3, -0.25) is 4.79 Å². The Morgan fingerprint density at radius 3 is 2.04 bits per heavy atom. The fraction of sp³-hybridized carbons (Fsp3) is 0.611. The third kappa shape index (κ3) is 12.6. The van der Waals surface area contributed by atoms with Gasteiger partial charge in [-0.05, 0) is 24.1 Å². The quantitative estimate of drug-likeness (QED) is 0.492. The Balaban J connectivity index is 0.000000422. The molecule has 5 N–H and O–H groups in total. The molecule has 1 rings (SSSR count). The van der Waals surface area contributed by atoms with Gasteiger partial charge in [0.15, 0.2) is 0 Å². The van der Waals surface area contributed by atoms with Crippen LogP contribution in [0.15, 0.2) is 24.3 Å². The highest BCUT2D eigenvalue weighted by atomic mass is 16.4. The summed E-state index contributed by atoms with van der Waals surface area (Å²) in [4.78, 5) is 10.1. The number of benzene rings is 1. The molecule has 1 aromatic carbocycles. The molecule has 5 nitrogen and oxygen atoms in total. The molecule has 1 unspecified atom stereocenters. The maximum Gasteiger partial charge on any atom is 0.303 e. The van der Waals surface area contributed by atoms with E-state index in [9.17, 15) is 9.90 Å². The monoisotopic (exact) mass is 325 g/mol. The van der Waals surface area contributed by atoms with Gasteiger partial charge in [0, 0.05) is 13.0 Å². The van der Waals surface area contributed by atoms with Crippen molar-refractivity contribution in [1.29, 1.82) is 0 Å². The van der Waals surface area contributed by atoms with Crippen LogP contribution in [-0.4, -0.2) is 27.8 Å². The summed E-state index contributed by atoms with van der Waals surface area (Å²) in [5.74, 6) is -0.471. The van der Waals surface area contributed by atoms with Crippen LogP contribution in [0.5, 0.6) is 5.75 Å². The minimum atomic E-state index is -0.663. The van der Waals surface area contributed by atoms with Crippen LogP contribution < -0.4 is 5.73 Å². The molecule has 0 bridgehead atoms. The van der Waals surface area contributed by atoms with Crippen molar-refractivity contribution < 1.29 is 20.1 Å².